The Morgan fingerprint density at radius 3 is 2.63 bits per heavy atom. The number of aryl methyl sites for hydroxylation is 2. The Morgan fingerprint density at radius 1 is 1.11 bits per heavy atom. The molecule has 0 fully saturated rings. The number of benzene rings is 1. The molecule has 2 aromatic heterocycles. The second-order valence-electron chi connectivity index (χ2n) is 4.82. The lowest BCUT2D eigenvalue weighted by molar-refractivity contribution is 0.704. The fourth-order valence-corrected chi connectivity index (χ4v) is 2.40. The summed E-state index contributed by atoms with van der Waals surface area (Å²) in [4.78, 5) is 8.86. The van der Waals surface area contributed by atoms with Crippen LogP contribution in [0.25, 0.3) is 22.4 Å². The number of rotatable bonds is 3. The largest absolute Gasteiger partial charge is 0.324 e. The first-order valence-corrected chi connectivity index (χ1v) is 6.67. The normalized spacial score (nSPS) is 11.1. The fraction of sp³-hybridized carbons (Fsp3) is 0.250. The predicted molar refractivity (Wildman–Crippen MR) is 78.0 cm³/mol. The van der Waals surface area contributed by atoms with Gasteiger partial charge in [0.1, 0.15) is 5.82 Å². The standard InChI is InChI=1S/C16H17N3/c1-3-10-19-15-11-12(2)4-5-14(15)18-16(19)13-6-8-17-9-7-13/h4-9,11H,3,10H2,1-2H3. The number of pyridine rings is 1. The van der Waals surface area contributed by atoms with Crippen LogP contribution in [0.4, 0.5) is 0 Å². The lowest BCUT2D eigenvalue weighted by Crippen LogP contribution is -1.99. The predicted octanol–water partition coefficient (Wildman–Crippen LogP) is 3.82. The molecule has 19 heavy (non-hydrogen) atoms. The maximum absolute atomic E-state index is 4.78. The quantitative estimate of drug-likeness (QED) is 0.708. The molecule has 0 atom stereocenters. The number of fused-ring (bicyclic) bond motifs is 1. The third kappa shape index (κ3) is 2.12. The van der Waals surface area contributed by atoms with E-state index in [-0.39, 0.29) is 0 Å². The third-order valence-electron chi connectivity index (χ3n) is 3.29. The molecule has 0 bridgehead atoms. The van der Waals surface area contributed by atoms with Gasteiger partial charge in [0, 0.05) is 24.5 Å². The summed E-state index contributed by atoms with van der Waals surface area (Å²) in [6.07, 6.45) is 4.73. The van der Waals surface area contributed by atoms with Crippen LogP contribution >= 0.6 is 0 Å². The fourth-order valence-electron chi connectivity index (χ4n) is 2.40. The van der Waals surface area contributed by atoms with E-state index in [0.29, 0.717) is 0 Å². The molecule has 0 unspecified atom stereocenters. The van der Waals surface area contributed by atoms with Crippen LogP contribution in [0.5, 0.6) is 0 Å². The van der Waals surface area contributed by atoms with Crippen molar-refractivity contribution >= 4 is 11.0 Å². The number of hydrogen-bond acceptors (Lipinski definition) is 2. The van der Waals surface area contributed by atoms with Crippen LogP contribution in [0.2, 0.25) is 0 Å². The lowest BCUT2D eigenvalue weighted by Gasteiger charge is -2.07. The minimum Gasteiger partial charge on any atom is -0.324 e. The average molecular weight is 251 g/mol. The SMILES string of the molecule is CCCn1c(-c2ccncc2)nc2ccc(C)cc21. The molecular weight excluding hydrogens is 234 g/mol. The molecule has 3 aromatic rings. The number of imidazole rings is 1. The van der Waals surface area contributed by atoms with E-state index in [9.17, 15) is 0 Å². The highest BCUT2D eigenvalue weighted by atomic mass is 15.1. The van der Waals surface area contributed by atoms with E-state index in [4.69, 9.17) is 4.98 Å². The molecule has 0 aliphatic rings. The van der Waals surface area contributed by atoms with Crippen molar-refractivity contribution in [3.05, 3.63) is 48.3 Å². The van der Waals surface area contributed by atoms with E-state index in [1.165, 1.54) is 11.1 Å². The molecule has 0 saturated carbocycles. The van der Waals surface area contributed by atoms with Gasteiger partial charge in [0.05, 0.1) is 11.0 Å². The van der Waals surface area contributed by atoms with Gasteiger partial charge in [-0.2, -0.15) is 0 Å². The summed E-state index contributed by atoms with van der Waals surface area (Å²) in [6.45, 7) is 5.30. The summed E-state index contributed by atoms with van der Waals surface area (Å²) in [5.41, 5.74) is 4.67. The molecule has 0 aliphatic carbocycles. The van der Waals surface area contributed by atoms with Crippen LogP contribution in [0.15, 0.2) is 42.7 Å². The van der Waals surface area contributed by atoms with Crippen molar-refractivity contribution < 1.29 is 0 Å². The molecule has 0 amide bonds. The van der Waals surface area contributed by atoms with Gasteiger partial charge in [-0.15, -0.1) is 0 Å². The summed E-state index contributed by atoms with van der Waals surface area (Å²) >= 11 is 0. The van der Waals surface area contributed by atoms with Gasteiger partial charge >= 0.3 is 0 Å². The van der Waals surface area contributed by atoms with Crippen LogP contribution in [-0.2, 0) is 6.54 Å². The van der Waals surface area contributed by atoms with Crippen LogP contribution in [0, 0.1) is 6.92 Å². The number of hydrogen-bond donors (Lipinski definition) is 0. The van der Waals surface area contributed by atoms with Crippen LogP contribution in [0.1, 0.15) is 18.9 Å². The number of nitrogens with zero attached hydrogens (tertiary/aromatic N) is 3. The highest BCUT2D eigenvalue weighted by Crippen LogP contribution is 2.25. The molecule has 0 spiro atoms. The first-order chi connectivity index (χ1) is 9.29. The van der Waals surface area contributed by atoms with Crippen LogP contribution < -0.4 is 0 Å². The molecule has 0 N–H and O–H groups in total. The molecule has 3 nitrogen and oxygen atoms in total. The Balaban J connectivity index is 2.26. The molecule has 96 valence electrons. The molecule has 3 heteroatoms. The van der Waals surface area contributed by atoms with E-state index in [1.54, 1.807) is 0 Å². The molecule has 0 aliphatic heterocycles. The maximum Gasteiger partial charge on any atom is 0.141 e. The van der Waals surface area contributed by atoms with Gasteiger partial charge in [-0.25, -0.2) is 4.98 Å². The summed E-state index contributed by atoms with van der Waals surface area (Å²) in [6, 6.07) is 10.5. The van der Waals surface area contributed by atoms with Crippen molar-refractivity contribution in [1.29, 1.82) is 0 Å². The Hall–Kier alpha value is -2.16. The zero-order chi connectivity index (χ0) is 13.2. The smallest absolute Gasteiger partial charge is 0.141 e. The Labute approximate surface area is 112 Å². The topological polar surface area (TPSA) is 30.7 Å². The minimum absolute atomic E-state index is 0.984. The second-order valence-corrected chi connectivity index (χ2v) is 4.82. The first-order valence-electron chi connectivity index (χ1n) is 6.67. The van der Waals surface area contributed by atoms with E-state index in [1.807, 2.05) is 24.5 Å². The highest BCUT2D eigenvalue weighted by molar-refractivity contribution is 5.81. The lowest BCUT2D eigenvalue weighted by atomic mass is 10.2. The van der Waals surface area contributed by atoms with Gasteiger partial charge in [0.2, 0.25) is 0 Å². The maximum atomic E-state index is 4.78. The summed E-state index contributed by atoms with van der Waals surface area (Å²) in [5, 5.41) is 0. The average Bonchev–Trinajstić information content (AvgIpc) is 2.79. The van der Waals surface area contributed by atoms with Crippen molar-refractivity contribution in [3.63, 3.8) is 0 Å². The van der Waals surface area contributed by atoms with Crippen molar-refractivity contribution in [1.82, 2.24) is 14.5 Å². The van der Waals surface area contributed by atoms with E-state index in [2.05, 4.69) is 41.6 Å². The minimum atomic E-state index is 0.984. The molecule has 2 heterocycles. The van der Waals surface area contributed by atoms with Gasteiger partial charge in [-0.3, -0.25) is 4.98 Å². The van der Waals surface area contributed by atoms with Gasteiger partial charge < -0.3 is 4.57 Å². The van der Waals surface area contributed by atoms with E-state index >= 15 is 0 Å². The van der Waals surface area contributed by atoms with Crippen molar-refractivity contribution in [2.45, 2.75) is 26.8 Å². The Morgan fingerprint density at radius 2 is 1.89 bits per heavy atom. The molecule has 0 radical (unpaired) electrons. The van der Waals surface area contributed by atoms with Crippen molar-refractivity contribution in [3.8, 4) is 11.4 Å². The zero-order valence-corrected chi connectivity index (χ0v) is 11.3. The summed E-state index contributed by atoms with van der Waals surface area (Å²) in [5.74, 6) is 1.03. The second kappa shape index (κ2) is 4.84. The molecular formula is C16H17N3. The third-order valence-corrected chi connectivity index (χ3v) is 3.29. The Bertz CT molecular complexity index is 699. The molecule has 1 aromatic carbocycles. The summed E-state index contributed by atoms with van der Waals surface area (Å²) in [7, 11) is 0. The van der Waals surface area contributed by atoms with Gasteiger partial charge in [-0.1, -0.05) is 13.0 Å². The first kappa shape index (κ1) is 11.9. The molecule has 0 saturated heterocycles. The monoisotopic (exact) mass is 251 g/mol. The van der Waals surface area contributed by atoms with Crippen molar-refractivity contribution in [2.75, 3.05) is 0 Å². The van der Waals surface area contributed by atoms with Gasteiger partial charge in [-0.05, 0) is 43.2 Å². The van der Waals surface area contributed by atoms with Crippen LogP contribution in [-0.4, -0.2) is 14.5 Å². The van der Waals surface area contributed by atoms with Gasteiger partial charge in [0.25, 0.3) is 0 Å². The number of aromatic nitrogens is 3. The van der Waals surface area contributed by atoms with Crippen LogP contribution in [0.3, 0.4) is 0 Å². The van der Waals surface area contributed by atoms with E-state index in [0.717, 1.165) is 29.9 Å². The van der Waals surface area contributed by atoms with E-state index < -0.39 is 0 Å². The Kier molecular flexibility index (Phi) is 3.03. The highest BCUT2D eigenvalue weighted by Gasteiger charge is 2.11. The zero-order valence-electron chi connectivity index (χ0n) is 11.3. The summed E-state index contributed by atoms with van der Waals surface area (Å²) < 4.78 is 2.30. The van der Waals surface area contributed by atoms with Gasteiger partial charge in [0.15, 0.2) is 0 Å². The van der Waals surface area contributed by atoms with Crippen molar-refractivity contribution in [2.24, 2.45) is 0 Å². The molecule has 3 rings (SSSR count).